The maximum atomic E-state index is 12.0. The quantitative estimate of drug-likeness (QED) is 0.605. The van der Waals surface area contributed by atoms with Gasteiger partial charge in [0.25, 0.3) is 11.8 Å². The van der Waals surface area contributed by atoms with Gasteiger partial charge in [-0.3, -0.25) is 20.4 Å². The third-order valence-electron chi connectivity index (χ3n) is 3.37. The lowest BCUT2D eigenvalue weighted by molar-refractivity contribution is -0.125. The molecule has 0 fully saturated rings. The fraction of sp³-hybridized carbons (Fsp3) is 0.167. The first-order chi connectivity index (χ1) is 11.9. The molecule has 2 aromatic rings. The van der Waals surface area contributed by atoms with Gasteiger partial charge in [0, 0.05) is 10.0 Å². The van der Waals surface area contributed by atoms with Crippen molar-refractivity contribution in [1.82, 2.24) is 10.9 Å². The molecule has 0 saturated heterocycles. The molecular weight excluding hydrogens is 388 g/mol. The van der Waals surface area contributed by atoms with Crippen molar-refractivity contribution in [2.45, 2.75) is 13.8 Å². The molecule has 25 heavy (non-hydrogen) atoms. The Bertz CT molecular complexity index is 803. The van der Waals surface area contributed by atoms with Crippen LogP contribution in [0.5, 0.6) is 0 Å². The standard InChI is InChI=1S/C18H17BrN2O4/c1-11-3-4-12(2)15(9-11)18(24)25-10-16(22)20-21-17(23)13-5-7-14(19)8-6-13/h3-9H,10H2,1-2H3,(H,20,22)(H,21,23). The Morgan fingerprint density at radius 1 is 1.00 bits per heavy atom. The summed E-state index contributed by atoms with van der Waals surface area (Å²) in [5, 5.41) is 0. The first-order valence-electron chi connectivity index (χ1n) is 7.46. The molecule has 0 aliphatic rings. The average Bonchev–Trinajstić information content (AvgIpc) is 2.60. The monoisotopic (exact) mass is 404 g/mol. The SMILES string of the molecule is Cc1ccc(C)c(C(=O)OCC(=O)NNC(=O)c2ccc(Br)cc2)c1. The summed E-state index contributed by atoms with van der Waals surface area (Å²) in [6.07, 6.45) is 0. The van der Waals surface area contributed by atoms with E-state index >= 15 is 0 Å². The van der Waals surface area contributed by atoms with Crippen LogP contribution in [0.25, 0.3) is 0 Å². The number of carbonyl (C=O) groups is 3. The van der Waals surface area contributed by atoms with Gasteiger partial charge < -0.3 is 4.74 Å². The van der Waals surface area contributed by atoms with Gasteiger partial charge in [-0.2, -0.15) is 0 Å². The molecule has 6 nitrogen and oxygen atoms in total. The Morgan fingerprint density at radius 3 is 2.36 bits per heavy atom. The number of carbonyl (C=O) groups excluding carboxylic acids is 3. The van der Waals surface area contributed by atoms with Crippen LogP contribution in [0.2, 0.25) is 0 Å². The van der Waals surface area contributed by atoms with E-state index in [9.17, 15) is 14.4 Å². The van der Waals surface area contributed by atoms with E-state index in [1.807, 2.05) is 19.1 Å². The van der Waals surface area contributed by atoms with E-state index in [1.54, 1.807) is 37.3 Å². The molecule has 0 spiro atoms. The Morgan fingerprint density at radius 2 is 1.68 bits per heavy atom. The van der Waals surface area contributed by atoms with Crippen LogP contribution >= 0.6 is 15.9 Å². The minimum absolute atomic E-state index is 0.385. The number of hydrazine groups is 1. The maximum absolute atomic E-state index is 12.0. The number of amides is 2. The summed E-state index contributed by atoms with van der Waals surface area (Å²) in [5.74, 6) is -1.69. The number of nitrogens with one attached hydrogen (secondary N) is 2. The third-order valence-corrected chi connectivity index (χ3v) is 3.90. The van der Waals surface area contributed by atoms with Crippen molar-refractivity contribution in [2.75, 3.05) is 6.61 Å². The molecule has 130 valence electrons. The Kier molecular flexibility index (Phi) is 6.30. The van der Waals surface area contributed by atoms with E-state index in [-0.39, 0.29) is 0 Å². The van der Waals surface area contributed by atoms with Gasteiger partial charge in [0.15, 0.2) is 6.61 Å². The van der Waals surface area contributed by atoms with Gasteiger partial charge >= 0.3 is 5.97 Å². The predicted octanol–water partition coefficient (Wildman–Crippen LogP) is 2.68. The summed E-state index contributed by atoms with van der Waals surface area (Å²) in [5.41, 5.74) is 6.94. The van der Waals surface area contributed by atoms with Gasteiger partial charge in [-0.25, -0.2) is 4.79 Å². The van der Waals surface area contributed by atoms with E-state index in [4.69, 9.17) is 4.74 Å². The number of benzene rings is 2. The van der Waals surface area contributed by atoms with Gasteiger partial charge in [0.1, 0.15) is 0 Å². The maximum Gasteiger partial charge on any atom is 0.338 e. The summed E-state index contributed by atoms with van der Waals surface area (Å²) >= 11 is 3.27. The van der Waals surface area contributed by atoms with Crippen molar-refractivity contribution in [1.29, 1.82) is 0 Å². The zero-order valence-corrected chi connectivity index (χ0v) is 15.3. The highest BCUT2D eigenvalue weighted by molar-refractivity contribution is 9.10. The Hall–Kier alpha value is -2.67. The summed E-state index contributed by atoms with van der Waals surface area (Å²) in [4.78, 5) is 35.6. The predicted molar refractivity (Wildman–Crippen MR) is 95.9 cm³/mol. The normalized spacial score (nSPS) is 10.0. The highest BCUT2D eigenvalue weighted by Crippen LogP contribution is 2.12. The van der Waals surface area contributed by atoms with Crippen molar-refractivity contribution in [3.05, 3.63) is 69.2 Å². The fourth-order valence-corrected chi connectivity index (χ4v) is 2.26. The van der Waals surface area contributed by atoms with E-state index in [1.165, 1.54) is 0 Å². The number of halogens is 1. The van der Waals surface area contributed by atoms with Crippen LogP contribution in [0.3, 0.4) is 0 Å². The van der Waals surface area contributed by atoms with Gasteiger partial charge in [0.05, 0.1) is 5.56 Å². The lowest BCUT2D eigenvalue weighted by Crippen LogP contribution is -2.43. The van der Waals surface area contributed by atoms with Crippen LogP contribution in [0, 0.1) is 13.8 Å². The first-order valence-corrected chi connectivity index (χ1v) is 8.25. The van der Waals surface area contributed by atoms with Crippen molar-refractivity contribution in [3.63, 3.8) is 0 Å². The zero-order valence-electron chi connectivity index (χ0n) is 13.8. The highest BCUT2D eigenvalue weighted by Gasteiger charge is 2.13. The summed E-state index contributed by atoms with van der Waals surface area (Å²) in [6, 6.07) is 12.0. The van der Waals surface area contributed by atoms with E-state index in [0.29, 0.717) is 11.1 Å². The van der Waals surface area contributed by atoms with Crippen LogP contribution < -0.4 is 10.9 Å². The van der Waals surface area contributed by atoms with Crippen LogP contribution in [0.1, 0.15) is 31.8 Å². The molecule has 0 radical (unpaired) electrons. The Balaban J connectivity index is 1.82. The van der Waals surface area contributed by atoms with Crippen LogP contribution in [0.15, 0.2) is 46.9 Å². The summed E-state index contributed by atoms with van der Waals surface area (Å²) < 4.78 is 5.81. The fourth-order valence-electron chi connectivity index (χ4n) is 2.00. The van der Waals surface area contributed by atoms with E-state index in [0.717, 1.165) is 15.6 Å². The smallest absolute Gasteiger partial charge is 0.338 e. The number of ether oxygens (including phenoxy) is 1. The molecule has 0 saturated carbocycles. The molecule has 0 aromatic heterocycles. The molecule has 7 heteroatoms. The topological polar surface area (TPSA) is 84.5 Å². The van der Waals surface area contributed by atoms with Gasteiger partial charge in [-0.15, -0.1) is 0 Å². The highest BCUT2D eigenvalue weighted by atomic mass is 79.9. The molecule has 0 atom stereocenters. The average molecular weight is 405 g/mol. The summed E-state index contributed by atoms with van der Waals surface area (Å²) in [7, 11) is 0. The van der Waals surface area contributed by atoms with E-state index < -0.39 is 24.4 Å². The molecule has 0 unspecified atom stereocenters. The number of esters is 1. The van der Waals surface area contributed by atoms with Crippen LogP contribution in [0.4, 0.5) is 0 Å². The van der Waals surface area contributed by atoms with Gasteiger partial charge in [-0.05, 0) is 49.7 Å². The number of rotatable bonds is 4. The van der Waals surface area contributed by atoms with Crippen molar-refractivity contribution < 1.29 is 19.1 Å². The lowest BCUT2D eigenvalue weighted by atomic mass is 10.1. The molecule has 2 rings (SSSR count). The zero-order chi connectivity index (χ0) is 18.4. The molecule has 2 aromatic carbocycles. The second-order valence-electron chi connectivity index (χ2n) is 5.40. The molecule has 0 bridgehead atoms. The molecule has 0 heterocycles. The van der Waals surface area contributed by atoms with Crippen molar-refractivity contribution >= 4 is 33.7 Å². The van der Waals surface area contributed by atoms with E-state index in [2.05, 4.69) is 26.8 Å². The molecule has 0 aliphatic heterocycles. The van der Waals surface area contributed by atoms with Crippen LogP contribution in [-0.2, 0) is 9.53 Å². The number of hydrogen-bond donors (Lipinski definition) is 2. The number of hydrogen-bond acceptors (Lipinski definition) is 4. The van der Waals surface area contributed by atoms with Crippen LogP contribution in [-0.4, -0.2) is 24.4 Å². The summed E-state index contributed by atoms with van der Waals surface area (Å²) in [6.45, 7) is 3.15. The second-order valence-corrected chi connectivity index (χ2v) is 6.32. The van der Waals surface area contributed by atoms with Crippen molar-refractivity contribution in [2.24, 2.45) is 0 Å². The molecule has 2 amide bonds. The largest absolute Gasteiger partial charge is 0.452 e. The second kappa shape index (κ2) is 8.43. The lowest BCUT2D eigenvalue weighted by Gasteiger charge is -2.09. The van der Waals surface area contributed by atoms with Crippen molar-refractivity contribution in [3.8, 4) is 0 Å². The van der Waals surface area contributed by atoms with Gasteiger partial charge in [0.2, 0.25) is 0 Å². The third kappa shape index (κ3) is 5.42. The minimum Gasteiger partial charge on any atom is -0.452 e. The molecular formula is C18H17BrN2O4. The molecule has 0 aliphatic carbocycles. The first kappa shape index (κ1) is 18.7. The number of aryl methyl sites for hydroxylation is 2. The Labute approximate surface area is 153 Å². The minimum atomic E-state index is -0.635. The van der Waals surface area contributed by atoms with Gasteiger partial charge in [-0.1, -0.05) is 33.6 Å². The molecule has 2 N–H and O–H groups in total.